The van der Waals surface area contributed by atoms with E-state index in [4.69, 9.17) is 14.5 Å². The summed E-state index contributed by atoms with van der Waals surface area (Å²) in [5.74, 6) is 1.84. The maximum absolute atomic E-state index is 13.8. The third-order valence-corrected chi connectivity index (χ3v) is 5.59. The molecule has 0 atom stereocenters. The van der Waals surface area contributed by atoms with Gasteiger partial charge in [-0.2, -0.15) is 0 Å². The zero-order valence-electron chi connectivity index (χ0n) is 17.4. The molecule has 5 rings (SSSR count). The van der Waals surface area contributed by atoms with E-state index in [0.29, 0.717) is 18.3 Å². The number of nitrogens with zero attached hydrogens (tertiary/aromatic N) is 3. The lowest BCUT2D eigenvalue weighted by molar-refractivity contribution is 0.294. The van der Waals surface area contributed by atoms with Crippen molar-refractivity contribution in [1.29, 1.82) is 0 Å². The number of fused-ring (bicyclic) bond motifs is 1. The Labute approximate surface area is 180 Å². The van der Waals surface area contributed by atoms with Crippen molar-refractivity contribution in [3.63, 3.8) is 0 Å². The quantitative estimate of drug-likeness (QED) is 0.588. The normalized spacial score (nSPS) is 15.0. The Morgan fingerprint density at radius 3 is 2.84 bits per heavy atom. The summed E-state index contributed by atoms with van der Waals surface area (Å²) < 4.78 is 25.7. The number of benzene rings is 2. The van der Waals surface area contributed by atoms with Gasteiger partial charge in [0.25, 0.3) is 0 Å². The average Bonchev–Trinajstić information content (AvgIpc) is 3.62. The van der Waals surface area contributed by atoms with Crippen molar-refractivity contribution >= 4 is 11.9 Å². The zero-order valence-corrected chi connectivity index (χ0v) is 17.4. The van der Waals surface area contributed by atoms with Crippen molar-refractivity contribution in [3.8, 4) is 11.5 Å². The number of rotatable bonds is 7. The number of hydrogen-bond donors (Lipinski definition) is 0. The lowest BCUT2D eigenvalue weighted by Gasteiger charge is -2.24. The first-order chi connectivity index (χ1) is 15.2. The summed E-state index contributed by atoms with van der Waals surface area (Å²) >= 11 is 0. The molecule has 6 heteroatoms. The Kier molecular flexibility index (Phi) is 5.28. The van der Waals surface area contributed by atoms with Gasteiger partial charge in [0.2, 0.25) is 0 Å². The number of ether oxygens (including phenoxy) is 2. The van der Waals surface area contributed by atoms with E-state index in [1.807, 2.05) is 36.4 Å². The third-order valence-electron chi connectivity index (χ3n) is 5.59. The summed E-state index contributed by atoms with van der Waals surface area (Å²) in [6.45, 7) is 3.40. The minimum absolute atomic E-state index is 0.0747. The molecule has 0 spiro atoms. The van der Waals surface area contributed by atoms with Crippen molar-refractivity contribution in [2.45, 2.75) is 26.4 Å². The molecule has 0 amide bonds. The van der Waals surface area contributed by atoms with Crippen LogP contribution in [0.3, 0.4) is 0 Å². The van der Waals surface area contributed by atoms with E-state index in [0.717, 1.165) is 34.2 Å². The van der Waals surface area contributed by atoms with Crippen LogP contribution in [-0.2, 0) is 6.61 Å². The van der Waals surface area contributed by atoms with Gasteiger partial charge in [0.05, 0.1) is 17.2 Å². The van der Waals surface area contributed by atoms with Crippen LogP contribution in [0.4, 0.5) is 10.1 Å². The fourth-order valence-electron chi connectivity index (χ4n) is 3.58. The molecule has 2 aliphatic rings. The topological polar surface area (TPSA) is 47.0 Å². The van der Waals surface area contributed by atoms with Gasteiger partial charge < -0.3 is 14.4 Å². The second-order valence-corrected chi connectivity index (χ2v) is 8.01. The molecular weight excluding hydrogens is 393 g/mol. The van der Waals surface area contributed by atoms with E-state index in [1.165, 1.54) is 18.9 Å². The lowest BCUT2D eigenvalue weighted by Crippen LogP contribution is -2.37. The molecule has 3 aromatic rings. The first-order valence-corrected chi connectivity index (χ1v) is 10.5. The molecule has 0 radical (unpaired) electrons. The Morgan fingerprint density at radius 2 is 2.00 bits per heavy atom. The molecule has 0 N–H and O–H groups in total. The number of anilines is 1. The van der Waals surface area contributed by atoms with Gasteiger partial charge in [0.15, 0.2) is 0 Å². The summed E-state index contributed by atoms with van der Waals surface area (Å²) in [6.07, 6.45) is 6.16. The number of halogens is 1. The van der Waals surface area contributed by atoms with Crippen LogP contribution in [0.15, 0.2) is 59.7 Å². The van der Waals surface area contributed by atoms with Crippen molar-refractivity contribution in [2.24, 2.45) is 10.9 Å². The fraction of sp³-hybridized carbons (Fsp3) is 0.280. The Balaban J connectivity index is 1.40. The van der Waals surface area contributed by atoms with Gasteiger partial charge >= 0.3 is 0 Å². The highest BCUT2D eigenvalue weighted by Crippen LogP contribution is 2.29. The molecule has 0 unspecified atom stereocenters. The third kappa shape index (κ3) is 4.38. The number of pyridine rings is 1. The molecule has 2 heterocycles. The van der Waals surface area contributed by atoms with Crippen LogP contribution in [0.5, 0.6) is 11.5 Å². The van der Waals surface area contributed by atoms with E-state index in [1.54, 1.807) is 12.3 Å². The van der Waals surface area contributed by atoms with Crippen molar-refractivity contribution in [1.82, 2.24) is 4.98 Å². The Bertz CT molecular complexity index is 1220. The SMILES string of the molecule is Cc1ccc(OCc2ncccc2F)cc1N1C=c2c(OCC3CC3)cccc2=NC1. The van der Waals surface area contributed by atoms with E-state index in [2.05, 4.69) is 23.0 Å². The minimum Gasteiger partial charge on any atom is -0.493 e. The molecule has 1 aromatic heterocycles. The van der Waals surface area contributed by atoms with Crippen LogP contribution in [-0.4, -0.2) is 18.3 Å². The second-order valence-electron chi connectivity index (χ2n) is 8.01. The highest BCUT2D eigenvalue weighted by molar-refractivity contribution is 5.65. The lowest BCUT2D eigenvalue weighted by atomic mass is 10.1. The highest BCUT2D eigenvalue weighted by atomic mass is 19.1. The van der Waals surface area contributed by atoms with E-state index in [9.17, 15) is 4.39 Å². The van der Waals surface area contributed by atoms with Crippen LogP contribution in [0, 0.1) is 18.7 Å². The minimum atomic E-state index is -0.367. The molecule has 0 saturated heterocycles. The molecule has 1 aliphatic heterocycles. The molecule has 1 saturated carbocycles. The van der Waals surface area contributed by atoms with Gasteiger partial charge in [0.1, 0.15) is 36.3 Å². The van der Waals surface area contributed by atoms with Gasteiger partial charge in [-0.15, -0.1) is 0 Å². The molecule has 158 valence electrons. The Morgan fingerprint density at radius 1 is 1.10 bits per heavy atom. The number of hydrogen-bond acceptors (Lipinski definition) is 5. The monoisotopic (exact) mass is 417 g/mol. The van der Waals surface area contributed by atoms with Gasteiger partial charge in [-0.05, 0) is 61.6 Å². The van der Waals surface area contributed by atoms with E-state index in [-0.39, 0.29) is 18.1 Å². The summed E-state index contributed by atoms with van der Waals surface area (Å²) in [6, 6.07) is 14.8. The summed E-state index contributed by atoms with van der Waals surface area (Å²) in [5, 5.41) is 1.94. The summed E-state index contributed by atoms with van der Waals surface area (Å²) in [7, 11) is 0. The van der Waals surface area contributed by atoms with Gasteiger partial charge in [-0.1, -0.05) is 12.1 Å². The van der Waals surface area contributed by atoms with Gasteiger partial charge in [0, 0.05) is 24.2 Å². The molecule has 31 heavy (non-hydrogen) atoms. The summed E-state index contributed by atoms with van der Waals surface area (Å²) in [4.78, 5) is 10.9. The smallest absolute Gasteiger partial charge is 0.148 e. The standard InChI is InChI=1S/C25H24FN3O2/c1-17-7-10-19(30-15-23-21(26)4-3-11-27-23)12-24(17)29-13-20-22(28-16-29)5-2-6-25(20)31-14-18-8-9-18/h2-7,10-13,18H,8-9,14-16H2,1H3. The molecule has 2 aromatic carbocycles. The number of aryl methyl sites for hydroxylation is 1. The molecule has 5 nitrogen and oxygen atoms in total. The largest absolute Gasteiger partial charge is 0.493 e. The number of aromatic nitrogens is 1. The second kappa shape index (κ2) is 8.38. The van der Waals surface area contributed by atoms with Crippen LogP contribution < -0.4 is 24.9 Å². The van der Waals surface area contributed by atoms with Crippen molar-refractivity contribution < 1.29 is 13.9 Å². The van der Waals surface area contributed by atoms with Crippen LogP contribution >= 0.6 is 0 Å². The van der Waals surface area contributed by atoms with Gasteiger partial charge in [-0.3, -0.25) is 9.98 Å². The first kappa shape index (κ1) is 19.5. The van der Waals surface area contributed by atoms with Crippen LogP contribution in [0.25, 0.3) is 6.20 Å². The summed E-state index contributed by atoms with van der Waals surface area (Å²) in [5.41, 5.74) is 2.38. The van der Waals surface area contributed by atoms with E-state index < -0.39 is 0 Å². The molecule has 1 aliphatic carbocycles. The highest BCUT2D eigenvalue weighted by Gasteiger charge is 2.22. The molecular formula is C25H24FN3O2. The van der Waals surface area contributed by atoms with Crippen LogP contribution in [0.2, 0.25) is 0 Å². The zero-order chi connectivity index (χ0) is 21.2. The predicted octanol–water partition coefficient (Wildman–Crippen LogP) is 3.73. The Hall–Kier alpha value is -3.41. The van der Waals surface area contributed by atoms with Crippen molar-refractivity contribution in [2.75, 3.05) is 18.2 Å². The van der Waals surface area contributed by atoms with E-state index >= 15 is 0 Å². The molecule has 1 fully saturated rings. The molecule has 0 bridgehead atoms. The average molecular weight is 417 g/mol. The fourth-order valence-corrected chi connectivity index (χ4v) is 3.58. The van der Waals surface area contributed by atoms with Crippen molar-refractivity contribution in [3.05, 3.63) is 82.4 Å². The first-order valence-electron chi connectivity index (χ1n) is 10.5. The predicted molar refractivity (Wildman–Crippen MR) is 117 cm³/mol. The van der Waals surface area contributed by atoms with Crippen LogP contribution in [0.1, 0.15) is 24.1 Å². The van der Waals surface area contributed by atoms with Gasteiger partial charge in [-0.25, -0.2) is 4.39 Å². The maximum Gasteiger partial charge on any atom is 0.148 e. The maximum atomic E-state index is 13.8.